The lowest BCUT2D eigenvalue weighted by atomic mass is 10.1. The normalized spacial score (nSPS) is 14.8. The minimum absolute atomic E-state index is 0.108. The number of halogens is 1. The highest BCUT2D eigenvalue weighted by Crippen LogP contribution is 2.37. The quantitative estimate of drug-likeness (QED) is 0.656. The molecule has 7 nitrogen and oxygen atoms in total. The van der Waals surface area contributed by atoms with Crippen LogP contribution in [0.25, 0.3) is 0 Å². The predicted octanol–water partition coefficient (Wildman–Crippen LogP) is 3.79. The zero-order valence-electron chi connectivity index (χ0n) is 17.3. The van der Waals surface area contributed by atoms with Crippen LogP contribution in [0.1, 0.15) is 49.7 Å². The second-order valence-corrected chi connectivity index (χ2v) is 10.6. The summed E-state index contributed by atoms with van der Waals surface area (Å²) < 4.78 is 39.4. The standard InChI is InChI=1S/C21H25BrN2O5S/c1-13(16-11-18-19(12-17(16)22)29-10-9-28-18)23-20(25)14-5-7-15(8-6-14)30(26,27)24-21(2,3)4/h5-8,11-13,24H,9-10H2,1-4H3,(H,23,25). The van der Waals surface area contributed by atoms with Crippen molar-refractivity contribution in [3.05, 3.63) is 52.0 Å². The summed E-state index contributed by atoms with van der Waals surface area (Å²) in [7, 11) is -3.65. The van der Waals surface area contributed by atoms with Crippen molar-refractivity contribution in [3.8, 4) is 11.5 Å². The van der Waals surface area contributed by atoms with E-state index >= 15 is 0 Å². The molecule has 0 bridgehead atoms. The van der Waals surface area contributed by atoms with Gasteiger partial charge in [-0.15, -0.1) is 0 Å². The molecular formula is C21H25BrN2O5S. The molecule has 0 saturated heterocycles. The van der Waals surface area contributed by atoms with E-state index in [1.54, 1.807) is 20.8 Å². The largest absolute Gasteiger partial charge is 0.486 e. The van der Waals surface area contributed by atoms with Gasteiger partial charge in [-0.3, -0.25) is 4.79 Å². The van der Waals surface area contributed by atoms with E-state index in [1.165, 1.54) is 24.3 Å². The minimum atomic E-state index is -3.65. The number of carbonyl (C=O) groups is 1. The Labute approximate surface area is 185 Å². The lowest BCUT2D eigenvalue weighted by molar-refractivity contribution is 0.0939. The summed E-state index contributed by atoms with van der Waals surface area (Å²) >= 11 is 3.52. The van der Waals surface area contributed by atoms with E-state index in [2.05, 4.69) is 26.0 Å². The lowest BCUT2D eigenvalue weighted by Crippen LogP contribution is -2.40. The number of amides is 1. The Hall–Kier alpha value is -2.10. The highest BCUT2D eigenvalue weighted by Gasteiger charge is 2.23. The molecule has 0 fully saturated rings. The van der Waals surface area contributed by atoms with Crippen LogP contribution < -0.4 is 19.5 Å². The van der Waals surface area contributed by atoms with Gasteiger partial charge in [-0.2, -0.15) is 0 Å². The van der Waals surface area contributed by atoms with Crippen molar-refractivity contribution in [2.75, 3.05) is 13.2 Å². The van der Waals surface area contributed by atoms with Crippen molar-refractivity contribution >= 4 is 31.9 Å². The molecule has 1 atom stereocenters. The monoisotopic (exact) mass is 496 g/mol. The number of hydrogen-bond acceptors (Lipinski definition) is 5. The highest BCUT2D eigenvalue weighted by molar-refractivity contribution is 9.10. The van der Waals surface area contributed by atoms with E-state index in [4.69, 9.17) is 9.47 Å². The summed E-state index contributed by atoms with van der Waals surface area (Å²) in [6.45, 7) is 8.15. The van der Waals surface area contributed by atoms with Gasteiger partial charge in [-0.1, -0.05) is 15.9 Å². The fourth-order valence-corrected chi connectivity index (χ4v) is 5.10. The Morgan fingerprint density at radius 2 is 1.63 bits per heavy atom. The summed E-state index contributed by atoms with van der Waals surface area (Å²) in [6.07, 6.45) is 0. The van der Waals surface area contributed by atoms with Crippen LogP contribution in [0.5, 0.6) is 11.5 Å². The summed E-state index contributed by atoms with van der Waals surface area (Å²) in [6, 6.07) is 9.21. The predicted molar refractivity (Wildman–Crippen MR) is 118 cm³/mol. The lowest BCUT2D eigenvalue weighted by Gasteiger charge is -2.22. The Morgan fingerprint density at radius 1 is 1.07 bits per heavy atom. The van der Waals surface area contributed by atoms with Gasteiger partial charge < -0.3 is 14.8 Å². The maximum Gasteiger partial charge on any atom is 0.251 e. The minimum Gasteiger partial charge on any atom is -0.486 e. The third kappa shape index (κ3) is 5.33. The number of fused-ring (bicyclic) bond motifs is 1. The van der Waals surface area contributed by atoms with Gasteiger partial charge >= 0.3 is 0 Å². The molecule has 0 aromatic heterocycles. The van der Waals surface area contributed by atoms with Crippen molar-refractivity contribution in [3.63, 3.8) is 0 Å². The molecule has 2 aromatic rings. The number of carbonyl (C=O) groups excluding carboxylic acids is 1. The molecule has 0 aliphatic carbocycles. The fourth-order valence-electron chi connectivity index (χ4n) is 3.02. The average Bonchev–Trinajstić information content (AvgIpc) is 2.65. The third-order valence-electron chi connectivity index (χ3n) is 4.34. The third-order valence-corrected chi connectivity index (χ3v) is 6.80. The van der Waals surface area contributed by atoms with Crippen LogP contribution >= 0.6 is 15.9 Å². The topological polar surface area (TPSA) is 93.7 Å². The fraction of sp³-hybridized carbons (Fsp3) is 0.381. The Kier molecular flexibility index (Phi) is 6.45. The molecule has 162 valence electrons. The van der Waals surface area contributed by atoms with Crippen LogP contribution in [0.4, 0.5) is 0 Å². The van der Waals surface area contributed by atoms with Gasteiger partial charge in [0.05, 0.1) is 10.9 Å². The number of nitrogens with one attached hydrogen (secondary N) is 2. The molecular weight excluding hydrogens is 472 g/mol. The molecule has 1 heterocycles. The number of benzene rings is 2. The summed E-state index contributed by atoms with van der Waals surface area (Å²) in [5, 5.41) is 2.93. The van der Waals surface area contributed by atoms with E-state index in [0.29, 0.717) is 30.3 Å². The maximum atomic E-state index is 12.7. The Balaban J connectivity index is 1.73. The molecule has 2 N–H and O–H groups in total. The number of ether oxygens (including phenoxy) is 2. The molecule has 1 unspecified atom stereocenters. The number of hydrogen-bond donors (Lipinski definition) is 2. The average molecular weight is 497 g/mol. The highest BCUT2D eigenvalue weighted by atomic mass is 79.9. The van der Waals surface area contributed by atoms with Gasteiger partial charge in [0, 0.05) is 15.6 Å². The SMILES string of the molecule is CC(NC(=O)c1ccc(S(=O)(=O)NC(C)(C)C)cc1)c1cc2c(cc1Br)OCCO2. The van der Waals surface area contributed by atoms with Crippen LogP contribution in [0.15, 0.2) is 45.8 Å². The van der Waals surface area contributed by atoms with Gasteiger partial charge in [0.1, 0.15) is 13.2 Å². The molecule has 9 heteroatoms. The smallest absolute Gasteiger partial charge is 0.251 e. The number of sulfonamides is 1. The zero-order chi connectivity index (χ0) is 22.1. The van der Waals surface area contributed by atoms with Gasteiger partial charge in [-0.05, 0) is 69.7 Å². The van der Waals surface area contributed by atoms with Gasteiger partial charge in [0.25, 0.3) is 5.91 Å². The zero-order valence-corrected chi connectivity index (χ0v) is 19.7. The van der Waals surface area contributed by atoms with Crippen molar-refractivity contribution in [1.29, 1.82) is 0 Å². The first-order valence-corrected chi connectivity index (χ1v) is 11.8. The van der Waals surface area contributed by atoms with E-state index in [9.17, 15) is 13.2 Å². The van der Waals surface area contributed by atoms with Crippen LogP contribution in [-0.4, -0.2) is 33.1 Å². The maximum absolute atomic E-state index is 12.7. The van der Waals surface area contributed by atoms with E-state index < -0.39 is 15.6 Å². The molecule has 0 radical (unpaired) electrons. The Morgan fingerprint density at radius 3 is 2.20 bits per heavy atom. The number of rotatable bonds is 5. The van der Waals surface area contributed by atoms with E-state index in [0.717, 1.165) is 10.0 Å². The molecule has 1 aliphatic rings. The van der Waals surface area contributed by atoms with Gasteiger partial charge in [0.2, 0.25) is 10.0 Å². The van der Waals surface area contributed by atoms with E-state index in [-0.39, 0.29) is 16.8 Å². The van der Waals surface area contributed by atoms with Gasteiger partial charge in [-0.25, -0.2) is 13.1 Å². The summed E-state index contributed by atoms with van der Waals surface area (Å²) in [5.74, 6) is 0.995. The van der Waals surface area contributed by atoms with Crippen LogP contribution in [-0.2, 0) is 10.0 Å². The van der Waals surface area contributed by atoms with Crippen LogP contribution in [0.3, 0.4) is 0 Å². The first-order valence-electron chi connectivity index (χ1n) is 9.50. The molecule has 0 saturated carbocycles. The van der Waals surface area contributed by atoms with Crippen molar-refractivity contribution in [2.24, 2.45) is 0 Å². The first kappa shape index (κ1) is 22.6. The van der Waals surface area contributed by atoms with Gasteiger partial charge in [0.15, 0.2) is 11.5 Å². The van der Waals surface area contributed by atoms with E-state index in [1.807, 2.05) is 19.1 Å². The molecule has 3 rings (SSSR count). The molecule has 30 heavy (non-hydrogen) atoms. The van der Waals surface area contributed by atoms with Crippen molar-refractivity contribution in [2.45, 2.75) is 44.2 Å². The summed E-state index contributed by atoms with van der Waals surface area (Å²) in [5.41, 5.74) is 0.618. The Bertz CT molecular complexity index is 1050. The molecule has 1 amide bonds. The molecule has 2 aromatic carbocycles. The van der Waals surface area contributed by atoms with Crippen LogP contribution in [0, 0.1) is 0 Å². The second kappa shape index (κ2) is 8.56. The van der Waals surface area contributed by atoms with Crippen molar-refractivity contribution in [1.82, 2.24) is 10.0 Å². The first-order chi connectivity index (χ1) is 14.0. The molecule has 1 aliphatic heterocycles. The molecule has 0 spiro atoms. The van der Waals surface area contributed by atoms with Crippen molar-refractivity contribution < 1.29 is 22.7 Å². The van der Waals surface area contributed by atoms with Crippen LogP contribution in [0.2, 0.25) is 0 Å². The summed E-state index contributed by atoms with van der Waals surface area (Å²) in [4.78, 5) is 12.8. The second-order valence-electron chi connectivity index (χ2n) is 8.09.